The summed E-state index contributed by atoms with van der Waals surface area (Å²) < 4.78 is 0. The van der Waals surface area contributed by atoms with Crippen LogP contribution in [0.2, 0.25) is 12.1 Å². The second-order valence-corrected chi connectivity index (χ2v) is 9.27. The highest BCUT2D eigenvalue weighted by Crippen LogP contribution is 2.37. The van der Waals surface area contributed by atoms with Gasteiger partial charge in [0.2, 0.25) is 0 Å². The van der Waals surface area contributed by atoms with Gasteiger partial charge in [0.15, 0.2) is 8.32 Å². The molecular weight excluding hydrogens is 242 g/mol. The zero-order valence-corrected chi connectivity index (χ0v) is 12.0. The average Bonchev–Trinajstić information content (AvgIpc) is 2.38. The molecule has 1 aliphatic rings. The van der Waals surface area contributed by atoms with Crippen LogP contribution in [-0.4, -0.2) is 31.8 Å². The van der Waals surface area contributed by atoms with Crippen molar-refractivity contribution >= 4 is 8.32 Å². The molecular formula is C14H23NO2Si. The Balaban J connectivity index is 2.23. The maximum Gasteiger partial charge on any atom is 0.197 e. The van der Waals surface area contributed by atoms with Crippen LogP contribution in [0.15, 0.2) is 24.3 Å². The van der Waals surface area contributed by atoms with E-state index in [0.29, 0.717) is 5.75 Å². The van der Waals surface area contributed by atoms with E-state index in [1.54, 1.807) is 12.1 Å². The van der Waals surface area contributed by atoms with Crippen molar-refractivity contribution in [1.29, 1.82) is 0 Å². The van der Waals surface area contributed by atoms with Crippen molar-refractivity contribution in [1.82, 2.24) is 5.32 Å². The van der Waals surface area contributed by atoms with Crippen molar-refractivity contribution in [3.05, 3.63) is 29.8 Å². The maximum absolute atomic E-state index is 11.0. The number of nitrogens with one attached hydrogen (secondary N) is 1. The number of hydrogen-bond acceptors (Lipinski definition) is 3. The summed E-state index contributed by atoms with van der Waals surface area (Å²) in [4.78, 5) is 11.0. The monoisotopic (exact) mass is 265 g/mol. The van der Waals surface area contributed by atoms with Gasteiger partial charge in [-0.15, -0.1) is 0 Å². The van der Waals surface area contributed by atoms with Crippen molar-refractivity contribution in [2.45, 2.75) is 36.9 Å². The summed E-state index contributed by atoms with van der Waals surface area (Å²) in [6.07, 6.45) is 3.60. The van der Waals surface area contributed by atoms with Crippen molar-refractivity contribution in [2.75, 3.05) is 13.6 Å². The first-order valence-corrected chi connectivity index (χ1v) is 9.25. The number of phenolic OH excluding ortho intramolecular Hbond substituents is 1. The van der Waals surface area contributed by atoms with Crippen LogP contribution in [0.3, 0.4) is 0 Å². The van der Waals surface area contributed by atoms with E-state index in [1.807, 2.05) is 19.2 Å². The molecule has 0 spiro atoms. The van der Waals surface area contributed by atoms with Crippen LogP contribution in [0.1, 0.15) is 30.4 Å². The van der Waals surface area contributed by atoms with E-state index in [1.165, 1.54) is 24.8 Å². The van der Waals surface area contributed by atoms with Gasteiger partial charge in [0, 0.05) is 12.1 Å². The van der Waals surface area contributed by atoms with Gasteiger partial charge in [-0.05, 0) is 36.8 Å². The van der Waals surface area contributed by atoms with E-state index in [0.717, 1.165) is 18.6 Å². The molecule has 2 rings (SSSR count). The van der Waals surface area contributed by atoms with E-state index in [9.17, 15) is 9.90 Å². The van der Waals surface area contributed by atoms with Crippen LogP contribution in [0, 0.1) is 0 Å². The molecule has 0 bridgehead atoms. The molecule has 0 aromatic heterocycles. The third-order valence-corrected chi connectivity index (χ3v) is 8.35. The molecule has 1 unspecified atom stereocenters. The van der Waals surface area contributed by atoms with Crippen molar-refractivity contribution < 1.29 is 9.90 Å². The Hall–Kier alpha value is -0.843. The molecule has 0 aliphatic carbocycles. The largest absolute Gasteiger partial charge is 0.508 e. The molecule has 3 nitrogen and oxygen atoms in total. The molecule has 1 saturated heterocycles. The molecule has 1 aromatic carbocycles. The summed E-state index contributed by atoms with van der Waals surface area (Å²) in [5, 5.41) is 12.6. The fraction of sp³-hybridized carbons (Fsp3) is 0.571. The number of aromatic hydroxyl groups is 1. The summed E-state index contributed by atoms with van der Waals surface area (Å²) in [5.74, 6) is 0.291. The van der Waals surface area contributed by atoms with Gasteiger partial charge in [-0.3, -0.25) is 0 Å². The molecule has 3 N–H and O–H groups in total. The Morgan fingerprint density at radius 1 is 1.17 bits per heavy atom. The SMILES string of the molecule is CNCC(c1ccc(O)cc1)[Si]1(O)CCCCC1. The second kappa shape index (κ2) is 5.86. The zero-order valence-electron chi connectivity index (χ0n) is 11.0. The first kappa shape index (κ1) is 13.6. The average molecular weight is 265 g/mol. The van der Waals surface area contributed by atoms with Gasteiger partial charge in [-0.2, -0.15) is 0 Å². The van der Waals surface area contributed by atoms with Crippen LogP contribution in [0.25, 0.3) is 0 Å². The lowest BCUT2D eigenvalue weighted by molar-refractivity contribution is 0.463. The lowest BCUT2D eigenvalue weighted by atomic mass is 10.1. The molecule has 0 radical (unpaired) electrons. The number of benzene rings is 1. The molecule has 0 amide bonds. The van der Waals surface area contributed by atoms with Gasteiger partial charge in [0.25, 0.3) is 0 Å². The molecule has 1 aliphatic heterocycles. The molecule has 4 heteroatoms. The lowest BCUT2D eigenvalue weighted by Crippen LogP contribution is -2.47. The van der Waals surface area contributed by atoms with Gasteiger partial charge in [0.1, 0.15) is 5.75 Å². The highest BCUT2D eigenvalue weighted by molar-refractivity contribution is 6.74. The maximum atomic E-state index is 11.0. The molecule has 1 heterocycles. The van der Waals surface area contributed by atoms with Gasteiger partial charge < -0.3 is 15.2 Å². The summed E-state index contributed by atoms with van der Waals surface area (Å²) in [6, 6.07) is 9.38. The first-order chi connectivity index (χ1) is 8.65. The topological polar surface area (TPSA) is 52.5 Å². The Bertz CT molecular complexity index is 374. The van der Waals surface area contributed by atoms with Crippen LogP contribution >= 0.6 is 0 Å². The second-order valence-electron chi connectivity index (χ2n) is 5.37. The quantitative estimate of drug-likeness (QED) is 0.733. The van der Waals surface area contributed by atoms with E-state index < -0.39 is 8.32 Å². The van der Waals surface area contributed by atoms with E-state index in [4.69, 9.17) is 0 Å². The minimum atomic E-state index is -2.19. The Morgan fingerprint density at radius 3 is 2.33 bits per heavy atom. The molecule has 1 atom stereocenters. The molecule has 18 heavy (non-hydrogen) atoms. The Morgan fingerprint density at radius 2 is 1.78 bits per heavy atom. The first-order valence-electron chi connectivity index (χ1n) is 6.81. The number of rotatable bonds is 4. The van der Waals surface area contributed by atoms with Crippen LogP contribution in [0.4, 0.5) is 0 Å². The van der Waals surface area contributed by atoms with Crippen molar-refractivity contribution in [2.24, 2.45) is 0 Å². The molecule has 0 saturated carbocycles. The summed E-state index contributed by atoms with van der Waals surface area (Å²) in [7, 11) is -0.251. The van der Waals surface area contributed by atoms with Gasteiger partial charge in [-0.1, -0.05) is 31.4 Å². The number of likely N-dealkylation sites (N-methyl/N-ethyl adjacent to an activating group) is 1. The number of phenols is 1. The highest BCUT2D eigenvalue weighted by Gasteiger charge is 2.41. The standard InChI is InChI=1S/C14H23NO2Si/c1-15-11-14(12-5-7-13(16)8-6-12)18(17)9-3-2-4-10-18/h5-8,14-17H,2-4,9-11H2,1H3. The zero-order chi connectivity index (χ0) is 13.0. The predicted octanol–water partition coefficient (Wildman–Crippen LogP) is 2.36. The van der Waals surface area contributed by atoms with Crippen molar-refractivity contribution in [3.63, 3.8) is 0 Å². The normalized spacial score (nSPS) is 20.6. The smallest absolute Gasteiger partial charge is 0.197 e. The fourth-order valence-corrected chi connectivity index (χ4v) is 7.11. The summed E-state index contributed by atoms with van der Waals surface area (Å²) in [5.41, 5.74) is 1.40. The molecule has 100 valence electrons. The molecule has 1 fully saturated rings. The third-order valence-electron chi connectivity index (χ3n) is 4.07. The van der Waals surface area contributed by atoms with E-state index in [-0.39, 0.29) is 5.54 Å². The van der Waals surface area contributed by atoms with Crippen LogP contribution < -0.4 is 5.32 Å². The van der Waals surface area contributed by atoms with Gasteiger partial charge >= 0.3 is 0 Å². The Kier molecular flexibility index (Phi) is 4.43. The van der Waals surface area contributed by atoms with E-state index in [2.05, 4.69) is 5.32 Å². The third kappa shape index (κ3) is 2.94. The highest BCUT2D eigenvalue weighted by atomic mass is 28.4. The predicted molar refractivity (Wildman–Crippen MR) is 76.2 cm³/mol. The fourth-order valence-electron chi connectivity index (χ4n) is 3.04. The number of hydrogen-bond donors (Lipinski definition) is 3. The molecule has 1 aromatic rings. The summed E-state index contributed by atoms with van der Waals surface area (Å²) in [6.45, 7) is 0.827. The minimum Gasteiger partial charge on any atom is -0.508 e. The Labute approximate surface area is 110 Å². The minimum absolute atomic E-state index is 0.239. The van der Waals surface area contributed by atoms with E-state index >= 15 is 0 Å². The van der Waals surface area contributed by atoms with Crippen LogP contribution in [0.5, 0.6) is 5.75 Å². The van der Waals surface area contributed by atoms with Crippen LogP contribution in [-0.2, 0) is 0 Å². The van der Waals surface area contributed by atoms with Gasteiger partial charge in [0.05, 0.1) is 0 Å². The lowest BCUT2D eigenvalue weighted by Gasteiger charge is -2.37. The van der Waals surface area contributed by atoms with Crippen molar-refractivity contribution in [3.8, 4) is 5.75 Å². The van der Waals surface area contributed by atoms with Gasteiger partial charge in [-0.25, -0.2) is 0 Å². The summed E-state index contributed by atoms with van der Waals surface area (Å²) >= 11 is 0.